The van der Waals surface area contributed by atoms with Gasteiger partial charge < -0.3 is 20.5 Å². The molecule has 1 aromatic rings. The second kappa shape index (κ2) is 17.5. The number of aliphatic carboxylic acids is 1. The van der Waals surface area contributed by atoms with E-state index in [2.05, 4.69) is 42.1 Å². The molecule has 0 heterocycles. The fourth-order valence-electron chi connectivity index (χ4n) is 5.79. The maximum absolute atomic E-state index is 12.1. The summed E-state index contributed by atoms with van der Waals surface area (Å²) in [5, 5.41) is 16.8. The zero-order valence-electron chi connectivity index (χ0n) is 24.7. The summed E-state index contributed by atoms with van der Waals surface area (Å²) < 4.78 is 5.48. The van der Waals surface area contributed by atoms with Crippen molar-refractivity contribution in [2.75, 3.05) is 19.7 Å². The van der Waals surface area contributed by atoms with Crippen LogP contribution in [0.5, 0.6) is 0 Å². The van der Waals surface area contributed by atoms with Gasteiger partial charge in [-0.15, -0.1) is 0 Å². The van der Waals surface area contributed by atoms with Crippen molar-refractivity contribution in [2.24, 2.45) is 23.7 Å². The molecule has 8 heteroatoms. The van der Waals surface area contributed by atoms with Gasteiger partial charge in [0, 0.05) is 12.6 Å². The summed E-state index contributed by atoms with van der Waals surface area (Å²) in [6.45, 7) is 9.02. The normalized spacial score (nSPS) is 21.9. The first-order valence-electron chi connectivity index (χ1n) is 15.3. The van der Waals surface area contributed by atoms with Gasteiger partial charge in [0.15, 0.2) is 6.29 Å². The Morgan fingerprint density at radius 3 is 2.38 bits per heavy atom. The van der Waals surface area contributed by atoms with Gasteiger partial charge in [0.05, 0.1) is 6.61 Å². The molecule has 2 saturated carbocycles. The molecule has 8 nitrogen and oxygen atoms in total. The van der Waals surface area contributed by atoms with Crippen LogP contribution in [0.2, 0.25) is 0 Å². The zero-order valence-corrected chi connectivity index (χ0v) is 24.7. The summed E-state index contributed by atoms with van der Waals surface area (Å²) in [5.74, 6) is 0.903. The summed E-state index contributed by atoms with van der Waals surface area (Å²) in [6, 6.07) is 7.77. The third-order valence-electron chi connectivity index (χ3n) is 8.11. The van der Waals surface area contributed by atoms with Crippen molar-refractivity contribution >= 4 is 18.0 Å². The maximum atomic E-state index is 12.1. The number of carbonyl (C=O) groups excluding carboxylic acids is 1. The molecule has 2 atom stereocenters. The SMILES string of the molecule is CC(C)COC(C)ONC(=O)/C=C/c1cccc(CNCC2CCC(CNC(C(=O)O)C3CCCCC3)CC2)c1. The Morgan fingerprint density at radius 2 is 1.70 bits per heavy atom. The van der Waals surface area contributed by atoms with Crippen molar-refractivity contribution in [3.05, 3.63) is 41.5 Å². The lowest BCUT2D eigenvalue weighted by molar-refractivity contribution is -0.180. The molecule has 2 aliphatic carbocycles. The molecule has 0 saturated heterocycles. The number of hydroxylamine groups is 1. The van der Waals surface area contributed by atoms with E-state index in [1.54, 1.807) is 13.0 Å². The maximum Gasteiger partial charge on any atom is 0.320 e. The first kappa shape index (κ1) is 32.3. The second-order valence-electron chi connectivity index (χ2n) is 12.1. The molecule has 1 amide bonds. The Hall–Kier alpha value is -2.26. The minimum atomic E-state index is -0.682. The summed E-state index contributed by atoms with van der Waals surface area (Å²) in [6.07, 6.45) is 13.1. The van der Waals surface area contributed by atoms with Crippen molar-refractivity contribution in [2.45, 2.75) is 97.4 Å². The van der Waals surface area contributed by atoms with Crippen LogP contribution in [0.3, 0.4) is 0 Å². The van der Waals surface area contributed by atoms with Gasteiger partial charge in [-0.05, 0) is 99.4 Å². The quantitative estimate of drug-likeness (QED) is 0.124. The fourth-order valence-corrected chi connectivity index (χ4v) is 5.79. The molecule has 224 valence electrons. The molecule has 4 N–H and O–H groups in total. The largest absolute Gasteiger partial charge is 0.480 e. The Bertz CT molecular complexity index is 923. The van der Waals surface area contributed by atoms with Gasteiger partial charge in [-0.25, -0.2) is 10.3 Å². The first-order chi connectivity index (χ1) is 19.3. The molecular weight excluding hydrogens is 506 g/mol. The Kier molecular flexibility index (Phi) is 14.1. The van der Waals surface area contributed by atoms with Gasteiger partial charge in [-0.3, -0.25) is 9.59 Å². The summed E-state index contributed by atoms with van der Waals surface area (Å²) in [7, 11) is 0. The highest BCUT2D eigenvalue weighted by atomic mass is 16.8. The highest BCUT2D eigenvalue weighted by Gasteiger charge is 2.30. The van der Waals surface area contributed by atoms with Crippen LogP contribution in [0.25, 0.3) is 6.08 Å². The topological polar surface area (TPSA) is 109 Å². The van der Waals surface area contributed by atoms with Crippen LogP contribution in [0.4, 0.5) is 0 Å². The van der Waals surface area contributed by atoms with E-state index in [0.717, 1.165) is 63.7 Å². The molecule has 40 heavy (non-hydrogen) atoms. The highest BCUT2D eigenvalue weighted by Crippen LogP contribution is 2.30. The smallest absolute Gasteiger partial charge is 0.320 e. The van der Waals surface area contributed by atoms with Crippen LogP contribution >= 0.6 is 0 Å². The molecule has 0 aromatic heterocycles. The predicted molar refractivity (Wildman–Crippen MR) is 158 cm³/mol. The van der Waals surface area contributed by atoms with Gasteiger partial charge in [-0.1, -0.05) is 57.4 Å². The predicted octanol–water partition coefficient (Wildman–Crippen LogP) is 5.29. The Labute approximate surface area is 240 Å². The zero-order chi connectivity index (χ0) is 28.7. The van der Waals surface area contributed by atoms with Crippen LogP contribution in [0.1, 0.15) is 89.7 Å². The number of ether oxygens (including phenoxy) is 1. The Balaban J connectivity index is 1.31. The van der Waals surface area contributed by atoms with Crippen LogP contribution in [-0.4, -0.2) is 49.0 Å². The van der Waals surface area contributed by atoms with E-state index in [1.807, 2.05) is 12.1 Å². The van der Waals surface area contributed by atoms with Gasteiger partial charge in [-0.2, -0.15) is 0 Å². The number of rotatable bonds is 16. The Morgan fingerprint density at radius 1 is 1.00 bits per heavy atom. The van der Waals surface area contributed by atoms with E-state index < -0.39 is 12.3 Å². The number of nitrogens with one attached hydrogen (secondary N) is 3. The molecule has 2 aliphatic rings. The molecule has 0 bridgehead atoms. The monoisotopic (exact) mass is 557 g/mol. The molecule has 0 aliphatic heterocycles. The van der Waals surface area contributed by atoms with E-state index in [1.165, 1.54) is 30.9 Å². The van der Waals surface area contributed by atoms with Crippen molar-refractivity contribution in [3.63, 3.8) is 0 Å². The molecular formula is C32H51N3O5. The molecule has 1 aromatic carbocycles. The number of benzene rings is 1. The van der Waals surface area contributed by atoms with Crippen molar-refractivity contribution in [1.82, 2.24) is 16.1 Å². The number of hydrogen-bond acceptors (Lipinski definition) is 6. The van der Waals surface area contributed by atoms with E-state index >= 15 is 0 Å². The lowest BCUT2D eigenvalue weighted by Gasteiger charge is -2.32. The lowest BCUT2D eigenvalue weighted by atomic mass is 9.81. The number of carboxylic acid groups (broad SMARTS) is 1. The first-order valence-corrected chi connectivity index (χ1v) is 15.3. The average molecular weight is 558 g/mol. The molecule has 2 fully saturated rings. The third kappa shape index (κ3) is 12.1. The van der Waals surface area contributed by atoms with Crippen LogP contribution < -0.4 is 16.1 Å². The average Bonchev–Trinajstić information content (AvgIpc) is 2.95. The fraction of sp³-hybridized carbons (Fsp3) is 0.688. The van der Waals surface area contributed by atoms with E-state index in [0.29, 0.717) is 24.4 Å². The standard InChI is InChI=1S/C32H51N3O5/c1-23(2)22-39-24(3)40-35-30(36)17-16-25-8-7-9-28(18-25)20-33-19-26-12-14-27(15-13-26)21-34-31(32(37)38)29-10-5-4-6-11-29/h7-9,16-18,23-24,26-27,29,31,33-34H,4-6,10-15,19-22H2,1-3H3,(H,35,36)(H,37,38)/b17-16+. The lowest BCUT2D eigenvalue weighted by Crippen LogP contribution is -2.45. The molecule has 3 rings (SSSR count). The molecule has 0 spiro atoms. The summed E-state index contributed by atoms with van der Waals surface area (Å²) in [5.41, 5.74) is 4.54. The number of carbonyl (C=O) groups is 2. The van der Waals surface area contributed by atoms with Crippen molar-refractivity contribution < 1.29 is 24.3 Å². The third-order valence-corrected chi connectivity index (χ3v) is 8.11. The van der Waals surface area contributed by atoms with E-state index in [9.17, 15) is 14.7 Å². The van der Waals surface area contributed by atoms with Crippen molar-refractivity contribution in [1.29, 1.82) is 0 Å². The number of carboxylic acids is 1. The van der Waals surface area contributed by atoms with Crippen LogP contribution in [0.15, 0.2) is 30.3 Å². The molecule has 0 radical (unpaired) electrons. The van der Waals surface area contributed by atoms with Crippen LogP contribution in [-0.2, 0) is 25.7 Å². The summed E-state index contributed by atoms with van der Waals surface area (Å²) >= 11 is 0. The highest BCUT2D eigenvalue weighted by molar-refractivity contribution is 5.90. The van der Waals surface area contributed by atoms with Gasteiger partial charge in [0.25, 0.3) is 5.91 Å². The molecule has 2 unspecified atom stereocenters. The van der Waals surface area contributed by atoms with Gasteiger partial charge >= 0.3 is 5.97 Å². The van der Waals surface area contributed by atoms with Gasteiger partial charge in [0.2, 0.25) is 0 Å². The van der Waals surface area contributed by atoms with Crippen molar-refractivity contribution in [3.8, 4) is 0 Å². The van der Waals surface area contributed by atoms with Crippen LogP contribution in [0, 0.1) is 23.7 Å². The van der Waals surface area contributed by atoms with E-state index in [-0.39, 0.29) is 17.9 Å². The van der Waals surface area contributed by atoms with E-state index in [4.69, 9.17) is 9.57 Å². The second-order valence-corrected chi connectivity index (χ2v) is 12.1. The minimum absolute atomic E-state index is 0.287. The minimum Gasteiger partial charge on any atom is -0.480 e. The number of hydrogen-bond donors (Lipinski definition) is 4. The number of amides is 1. The summed E-state index contributed by atoms with van der Waals surface area (Å²) in [4.78, 5) is 29.1. The van der Waals surface area contributed by atoms with Gasteiger partial charge in [0.1, 0.15) is 6.04 Å².